The second-order valence-corrected chi connectivity index (χ2v) is 10.2. The zero-order valence-corrected chi connectivity index (χ0v) is 21.5. The van der Waals surface area contributed by atoms with Crippen LogP contribution in [0.15, 0.2) is 48.5 Å². The molecule has 0 saturated heterocycles. The molecule has 0 aliphatic carbocycles. The number of carbonyl (C=O) groups excluding carboxylic acids is 2. The molecule has 1 N–H and O–H groups in total. The van der Waals surface area contributed by atoms with Gasteiger partial charge in [-0.25, -0.2) is 12.8 Å². The van der Waals surface area contributed by atoms with Crippen molar-refractivity contribution in [3.63, 3.8) is 0 Å². The van der Waals surface area contributed by atoms with Gasteiger partial charge in [-0.1, -0.05) is 19.1 Å². The monoisotopic (exact) mass is 507 g/mol. The summed E-state index contributed by atoms with van der Waals surface area (Å²) in [6.45, 7) is 4.36. The lowest BCUT2D eigenvalue weighted by molar-refractivity contribution is -0.140. The zero-order chi connectivity index (χ0) is 26.0. The van der Waals surface area contributed by atoms with Crippen molar-refractivity contribution in [3.8, 4) is 5.75 Å². The van der Waals surface area contributed by atoms with Gasteiger partial charge in [0, 0.05) is 26.1 Å². The molecule has 2 aromatic carbocycles. The molecule has 0 unspecified atom stereocenters. The summed E-state index contributed by atoms with van der Waals surface area (Å²) in [5.41, 5.74) is 1.12. The van der Waals surface area contributed by atoms with Gasteiger partial charge in [-0.15, -0.1) is 0 Å². The Balaban J connectivity index is 2.16. The molecule has 10 heteroatoms. The molecule has 0 radical (unpaired) electrons. The molecule has 1 atom stereocenters. The number of halogens is 1. The standard InChI is InChI=1S/C25H34FN3O5S/c1-5-15-27-25(31)19(2)28(18-20-8-6-9-23(17-20)34-3)24(30)10-7-16-29(35(4,32)33)22-13-11-21(26)12-14-22/h6,8-9,11-14,17,19H,5,7,10,15-16,18H2,1-4H3,(H,27,31)/t19-/m0/s1. The third-order valence-corrected chi connectivity index (χ3v) is 6.66. The van der Waals surface area contributed by atoms with E-state index in [4.69, 9.17) is 4.74 Å². The van der Waals surface area contributed by atoms with E-state index in [0.717, 1.165) is 22.5 Å². The maximum absolute atomic E-state index is 13.3. The van der Waals surface area contributed by atoms with Crippen LogP contribution in [0.1, 0.15) is 38.7 Å². The van der Waals surface area contributed by atoms with E-state index in [9.17, 15) is 22.4 Å². The second kappa shape index (κ2) is 13.1. The quantitative estimate of drug-likeness (QED) is 0.449. The summed E-state index contributed by atoms with van der Waals surface area (Å²) in [6.07, 6.45) is 2.09. The van der Waals surface area contributed by atoms with Crippen molar-refractivity contribution in [1.29, 1.82) is 0 Å². The van der Waals surface area contributed by atoms with Crippen molar-refractivity contribution in [2.45, 2.75) is 45.7 Å². The van der Waals surface area contributed by atoms with Crippen LogP contribution in [0.2, 0.25) is 0 Å². The van der Waals surface area contributed by atoms with Gasteiger partial charge in [-0.05, 0) is 61.7 Å². The van der Waals surface area contributed by atoms with E-state index >= 15 is 0 Å². The molecule has 0 aliphatic rings. The Morgan fingerprint density at radius 1 is 1.14 bits per heavy atom. The molecule has 35 heavy (non-hydrogen) atoms. The summed E-state index contributed by atoms with van der Waals surface area (Å²) in [5.74, 6) is -0.367. The smallest absolute Gasteiger partial charge is 0.242 e. The molecular weight excluding hydrogens is 473 g/mol. The summed E-state index contributed by atoms with van der Waals surface area (Å²) in [7, 11) is -2.08. The van der Waals surface area contributed by atoms with Crippen LogP contribution in [0.3, 0.4) is 0 Å². The molecule has 0 bridgehead atoms. The fourth-order valence-corrected chi connectivity index (χ4v) is 4.52. The minimum atomic E-state index is -3.64. The first-order valence-electron chi connectivity index (χ1n) is 11.5. The third-order valence-electron chi connectivity index (χ3n) is 5.47. The number of carbonyl (C=O) groups is 2. The number of benzene rings is 2. The van der Waals surface area contributed by atoms with Gasteiger partial charge >= 0.3 is 0 Å². The lowest BCUT2D eigenvalue weighted by Crippen LogP contribution is -2.47. The predicted octanol–water partition coefficient (Wildman–Crippen LogP) is 3.32. The van der Waals surface area contributed by atoms with E-state index < -0.39 is 21.9 Å². The Bertz CT molecular complexity index is 1090. The molecule has 0 aliphatic heterocycles. The molecule has 0 aromatic heterocycles. The van der Waals surface area contributed by atoms with Crippen molar-refractivity contribution in [2.75, 3.05) is 30.8 Å². The molecular formula is C25H34FN3O5S. The Hall–Kier alpha value is -3.14. The van der Waals surface area contributed by atoms with Gasteiger partial charge in [0.05, 0.1) is 19.1 Å². The van der Waals surface area contributed by atoms with Gasteiger partial charge in [0.1, 0.15) is 17.6 Å². The largest absolute Gasteiger partial charge is 0.497 e. The molecule has 8 nitrogen and oxygen atoms in total. The maximum Gasteiger partial charge on any atom is 0.242 e. The molecule has 2 amide bonds. The molecule has 2 rings (SSSR count). The molecule has 0 fully saturated rings. The van der Waals surface area contributed by atoms with Crippen LogP contribution < -0.4 is 14.4 Å². The summed E-state index contributed by atoms with van der Waals surface area (Å²) in [6, 6.07) is 11.7. The average Bonchev–Trinajstić information content (AvgIpc) is 2.83. The SMILES string of the molecule is CCCNC(=O)[C@H](C)N(Cc1cccc(OC)c1)C(=O)CCCN(c1ccc(F)cc1)S(C)(=O)=O. The topological polar surface area (TPSA) is 96.0 Å². The Morgan fingerprint density at radius 3 is 2.43 bits per heavy atom. The van der Waals surface area contributed by atoms with Gasteiger partial charge < -0.3 is 15.0 Å². The number of ether oxygens (including phenoxy) is 1. The van der Waals surface area contributed by atoms with Gasteiger partial charge in [0.2, 0.25) is 21.8 Å². The van der Waals surface area contributed by atoms with Crippen molar-refractivity contribution < 1.29 is 27.1 Å². The normalized spacial score (nSPS) is 12.0. The van der Waals surface area contributed by atoms with Crippen LogP contribution in [0.25, 0.3) is 0 Å². The van der Waals surface area contributed by atoms with Gasteiger partial charge in [-0.2, -0.15) is 0 Å². The number of nitrogens with one attached hydrogen (secondary N) is 1. The number of sulfonamides is 1. The number of rotatable bonds is 13. The Kier molecular flexibility index (Phi) is 10.5. The highest BCUT2D eigenvalue weighted by Crippen LogP contribution is 2.20. The number of hydrogen-bond donors (Lipinski definition) is 1. The lowest BCUT2D eigenvalue weighted by atomic mass is 10.1. The van der Waals surface area contributed by atoms with Gasteiger partial charge in [0.15, 0.2) is 0 Å². The highest BCUT2D eigenvalue weighted by atomic mass is 32.2. The molecule has 192 valence electrons. The summed E-state index contributed by atoms with van der Waals surface area (Å²) in [4.78, 5) is 27.4. The van der Waals surface area contributed by atoms with Crippen LogP contribution in [0.5, 0.6) is 5.75 Å². The van der Waals surface area contributed by atoms with Crippen molar-refractivity contribution in [3.05, 3.63) is 59.9 Å². The summed E-state index contributed by atoms with van der Waals surface area (Å²) in [5, 5.41) is 2.82. The fourth-order valence-electron chi connectivity index (χ4n) is 3.56. The number of amides is 2. The van der Waals surface area contributed by atoms with E-state index in [0.29, 0.717) is 18.0 Å². The Labute approximate surface area is 207 Å². The number of nitrogens with zero attached hydrogens (tertiary/aromatic N) is 2. The van der Waals surface area contributed by atoms with Crippen molar-refractivity contribution >= 4 is 27.5 Å². The van der Waals surface area contributed by atoms with Crippen LogP contribution >= 0.6 is 0 Å². The van der Waals surface area contributed by atoms with Gasteiger partial charge in [0.25, 0.3) is 0 Å². The first kappa shape index (κ1) is 28.1. The summed E-state index contributed by atoms with van der Waals surface area (Å²) >= 11 is 0. The molecule has 0 heterocycles. The minimum absolute atomic E-state index is 0.0303. The maximum atomic E-state index is 13.3. The zero-order valence-electron chi connectivity index (χ0n) is 20.7. The van der Waals surface area contributed by atoms with Crippen LogP contribution in [-0.4, -0.2) is 57.6 Å². The fraction of sp³-hybridized carbons (Fsp3) is 0.440. The highest BCUT2D eigenvalue weighted by molar-refractivity contribution is 7.92. The van der Waals surface area contributed by atoms with Crippen molar-refractivity contribution in [1.82, 2.24) is 10.2 Å². The molecule has 0 spiro atoms. The minimum Gasteiger partial charge on any atom is -0.497 e. The number of hydrogen-bond acceptors (Lipinski definition) is 5. The van der Waals surface area contributed by atoms with E-state index in [-0.39, 0.29) is 37.7 Å². The van der Waals surface area contributed by atoms with Crippen LogP contribution in [-0.2, 0) is 26.2 Å². The van der Waals surface area contributed by atoms with E-state index in [2.05, 4.69) is 5.32 Å². The third kappa shape index (κ3) is 8.54. The first-order valence-corrected chi connectivity index (χ1v) is 13.3. The van der Waals surface area contributed by atoms with Gasteiger partial charge in [-0.3, -0.25) is 13.9 Å². The highest BCUT2D eigenvalue weighted by Gasteiger charge is 2.26. The molecule has 2 aromatic rings. The van der Waals surface area contributed by atoms with E-state index in [1.807, 2.05) is 19.1 Å². The predicted molar refractivity (Wildman–Crippen MR) is 134 cm³/mol. The number of anilines is 1. The second-order valence-electron chi connectivity index (χ2n) is 8.26. The van der Waals surface area contributed by atoms with Crippen molar-refractivity contribution in [2.24, 2.45) is 0 Å². The lowest BCUT2D eigenvalue weighted by Gasteiger charge is -2.29. The summed E-state index contributed by atoms with van der Waals surface area (Å²) < 4.78 is 44.3. The van der Waals surface area contributed by atoms with Crippen LogP contribution in [0.4, 0.5) is 10.1 Å². The number of methoxy groups -OCH3 is 1. The first-order chi connectivity index (χ1) is 16.6. The van der Waals surface area contributed by atoms with Crippen LogP contribution in [0, 0.1) is 5.82 Å². The Morgan fingerprint density at radius 2 is 1.83 bits per heavy atom. The molecule has 0 saturated carbocycles. The van der Waals surface area contributed by atoms with E-state index in [1.54, 1.807) is 26.2 Å². The average molecular weight is 508 g/mol. The van der Waals surface area contributed by atoms with E-state index in [1.165, 1.54) is 29.2 Å².